The predicted octanol–water partition coefficient (Wildman–Crippen LogP) is 6.04. The number of rotatable bonds is 5. The average molecular weight is 335 g/mol. The summed E-state index contributed by atoms with van der Waals surface area (Å²) in [4.78, 5) is 1.45. The van der Waals surface area contributed by atoms with E-state index in [-0.39, 0.29) is 10.5 Å². The van der Waals surface area contributed by atoms with E-state index >= 15 is 0 Å². The standard InChI is InChI=1S/C22H24NS/c1-4-18(5-2)11-9-10-16-24-17-23(6-3)21-15-14-19-12-7-8-13-20(19)22(21)24/h7-10,12-17H,1,5-6,11H2,2-3H3/q+1/b10-9+. The van der Waals surface area contributed by atoms with Gasteiger partial charge in [0.25, 0.3) is 0 Å². The summed E-state index contributed by atoms with van der Waals surface area (Å²) < 4.78 is 2.37. The Bertz CT molecular complexity index is 909. The Morgan fingerprint density at radius 1 is 1.21 bits per heavy atom. The van der Waals surface area contributed by atoms with Crippen LogP contribution in [0.3, 0.4) is 0 Å². The third-order valence-corrected chi connectivity index (χ3v) is 6.22. The van der Waals surface area contributed by atoms with Crippen LogP contribution in [0.4, 0.5) is 5.69 Å². The highest BCUT2D eigenvalue weighted by Gasteiger charge is 2.25. The fourth-order valence-electron chi connectivity index (χ4n) is 2.99. The third kappa shape index (κ3) is 3.21. The minimum Gasteiger partial charge on any atom is -0.192 e. The number of allylic oxidation sites excluding steroid dienone is 3. The number of hydrogen-bond acceptors (Lipinski definition) is 0. The minimum absolute atomic E-state index is 0.0185. The molecule has 0 saturated heterocycles. The molecule has 0 spiro atoms. The van der Waals surface area contributed by atoms with Crippen molar-refractivity contribution in [2.75, 3.05) is 6.54 Å². The van der Waals surface area contributed by atoms with Gasteiger partial charge in [0.15, 0.2) is 0 Å². The van der Waals surface area contributed by atoms with Crippen LogP contribution >= 0.6 is 10.5 Å². The van der Waals surface area contributed by atoms with E-state index in [0.717, 1.165) is 19.4 Å². The van der Waals surface area contributed by atoms with Crippen molar-refractivity contribution in [1.82, 2.24) is 0 Å². The van der Waals surface area contributed by atoms with E-state index in [1.807, 2.05) is 0 Å². The zero-order valence-corrected chi connectivity index (χ0v) is 15.3. The zero-order valence-electron chi connectivity index (χ0n) is 14.5. The number of hydrogen-bond donors (Lipinski definition) is 0. The van der Waals surface area contributed by atoms with Crippen LogP contribution in [0.1, 0.15) is 26.7 Å². The predicted molar refractivity (Wildman–Crippen MR) is 109 cm³/mol. The Balaban J connectivity index is 2.01. The van der Waals surface area contributed by atoms with Crippen molar-refractivity contribution >= 4 is 37.9 Å². The highest BCUT2D eigenvalue weighted by Crippen LogP contribution is 2.43. The van der Waals surface area contributed by atoms with Crippen LogP contribution in [-0.4, -0.2) is 22.0 Å². The fraction of sp³-hybridized carbons (Fsp3) is 0.227. The van der Waals surface area contributed by atoms with Crippen molar-refractivity contribution in [3.05, 3.63) is 66.4 Å². The molecule has 0 fully saturated rings. The Morgan fingerprint density at radius 2 is 2.04 bits per heavy atom. The lowest BCUT2D eigenvalue weighted by Gasteiger charge is -2.03. The number of benzene rings is 2. The average Bonchev–Trinajstić information content (AvgIpc) is 3.00. The summed E-state index contributed by atoms with van der Waals surface area (Å²) in [5.74, 6) is 0. The molecule has 0 N–H and O–H groups in total. The molecule has 1 aliphatic heterocycles. The second kappa shape index (κ2) is 7.61. The van der Waals surface area contributed by atoms with Crippen molar-refractivity contribution < 1.29 is 4.58 Å². The molecule has 2 heteroatoms. The van der Waals surface area contributed by atoms with Crippen LogP contribution in [0.2, 0.25) is 0 Å². The van der Waals surface area contributed by atoms with Gasteiger partial charge in [0.2, 0.25) is 11.2 Å². The van der Waals surface area contributed by atoms with Crippen LogP contribution in [-0.2, 0) is 0 Å². The fourth-order valence-corrected chi connectivity index (χ4v) is 4.99. The molecule has 0 radical (unpaired) electrons. The van der Waals surface area contributed by atoms with Crippen LogP contribution in [0, 0.1) is 0 Å². The SMILES string of the molecule is C=C=C(CC)C/C=C/C=S1C=[N+](CC)c2ccc3ccccc3c21. The Hall–Kier alpha value is -2.15. The van der Waals surface area contributed by atoms with Gasteiger partial charge < -0.3 is 0 Å². The maximum atomic E-state index is 3.76. The number of nitrogens with zero attached hydrogens (tertiary/aromatic N) is 1. The second-order valence-electron chi connectivity index (χ2n) is 5.80. The van der Waals surface area contributed by atoms with Crippen molar-refractivity contribution in [2.45, 2.75) is 31.6 Å². The molecular weight excluding hydrogens is 310 g/mol. The number of fused-ring (bicyclic) bond motifs is 3. The third-order valence-electron chi connectivity index (χ3n) is 4.39. The smallest absolute Gasteiger partial charge is 0.192 e. The van der Waals surface area contributed by atoms with E-state index in [1.54, 1.807) is 0 Å². The molecule has 1 unspecified atom stereocenters. The Kier molecular flexibility index (Phi) is 5.30. The molecule has 1 atom stereocenters. The molecule has 1 nitrogen and oxygen atoms in total. The van der Waals surface area contributed by atoms with Gasteiger partial charge in [-0.05, 0) is 42.2 Å². The van der Waals surface area contributed by atoms with Gasteiger partial charge in [-0.3, -0.25) is 0 Å². The molecule has 2 aromatic carbocycles. The van der Waals surface area contributed by atoms with Gasteiger partial charge in [-0.15, -0.1) is 5.73 Å². The molecule has 0 amide bonds. The molecule has 3 rings (SSSR count). The monoisotopic (exact) mass is 334 g/mol. The first kappa shape index (κ1) is 16.7. The summed E-state index contributed by atoms with van der Waals surface area (Å²) in [5.41, 5.74) is 8.01. The molecule has 1 heterocycles. The van der Waals surface area contributed by atoms with Crippen molar-refractivity contribution in [2.24, 2.45) is 0 Å². The van der Waals surface area contributed by atoms with Crippen LogP contribution in [0.25, 0.3) is 10.8 Å². The second-order valence-corrected chi connectivity index (χ2v) is 7.44. The summed E-state index contributed by atoms with van der Waals surface area (Å²) in [5, 5.41) is 5.02. The topological polar surface area (TPSA) is 3.01 Å². The van der Waals surface area contributed by atoms with E-state index in [4.69, 9.17) is 0 Å². The van der Waals surface area contributed by atoms with Gasteiger partial charge in [-0.25, -0.2) is 0 Å². The van der Waals surface area contributed by atoms with E-state index in [1.165, 1.54) is 26.9 Å². The molecule has 2 aromatic rings. The first-order chi connectivity index (χ1) is 11.8. The zero-order chi connectivity index (χ0) is 16.9. The quantitative estimate of drug-likeness (QED) is 0.271. The highest BCUT2D eigenvalue weighted by molar-refractivity contribution is 8.26. The molecule has 0 saturated carbocycles. The van der Waals surface area contributed by atoms with E-state index in [9.17, 15) is 0 Å². The molecule has 24 heavy (non-hydrogen) atoms. The molecule has 122 valence electrons. The van der Waals surface area contributed by atoms with Gasteiger partial charge in [-0.2, -0.15) is 4.58 Å². The highest BCUT2D eigenvalue weighted by atomic mass is 32.2. The molecule has 1 aliphatic rings. The summed E-state index contributed by atoms with van der Waals surface area (Å²) in [6, 6.07) is 13.2. The van der Waals surface area contributed by atoms with Crippen LogP contribution < -0.4 is 0 Å². The van der Waals surface area contributed by atoms with Crippen molar-refractivity contribution in [1.29, 1.82) is 0 Å². The lowest BCUT2D eigenvalue weighted by Crippen LogP contribution is -2.00. The molecule has 0 bridgehead atoms. The van der Waals surface area contributed by atoms with Gasteiger partial charge in [0, 0.05) is 11.5 Å². The normalized spacial score (nSPS) is 16.4. The maximum Gasteiger partial charge on any atom is 0.220 e. The minimum atomic E-state index is 0.0185. The largest absolute Gasteiger partial charge is 0.220 e. The summed E-state index contributed by atoms with van der Waals surface area (Å²) in [6.45, 7) is 9.12. The van der Waals surface area contributed by atoms with E-state index in [2.05, 4.69) is 90.2 Å². The van der Waals surface area contributed by atoms with Crippen molar-refractivity contribution in [3.63, 3.8) is 0 Å². The van der Waals surface area contributed by atoms with Gasteiger partial charge in [0.1, 0.15) is 6.54 Å². The van der Waals surface area contributed by atoms with Crippen molar-refractivity contribution in [3.8, 4) is 0 Å². The first-order valence-corrected chi connectivity index (χ1v) is 9.86. The Morgan fingerprint density at radius 3 is 2.79 bits per heavy atom. The molecular formula is C22H24NS+. The van der Waals surface area contributed by atoms with Gasteiger partial charge in [0.05, 0.1) is 4.90 Å². The maximum absolute atomic E-state index is 3.76. The summed E-state index contributed by atoms with van der Waals surface area (Å²) in [7, 11) is 0.0185. The van der Waals surface area contributed by atoms with E-state index in [0.29, 0.717) is 0 Å². The van der Waals surface area contributed by atoms with Crippen LogP contribution in [0.5, 0.6) is 0 Å². The lowest BCUT2D eigenvalue weighted by atomic mass is 10.1. The molecule has 0 aliphatic carbocycles. The van der Waals surface area contributed by atoms with Gasteiger partial charge in [-0.1, -0.05) is 60.4 Å². The van der Waals surface area contributed by atoms with Crippen LogP contribution in [0.15, 0.2) is 71.3 Å². The van der Waals surface area contributed by atoms with Gasteiger partial charge >= 0.3 is 0 Å². The molecule has 0 aromatic heterocycles. The summed E-state index contributed by atoms with van der Waals surface area (Å²) in [6.07, 6.45) is 6.38. The van der Waals surface area contributed by atoms with E-state index < -0.39 is 0 Å². The lowest BCUT2D eigenvalue weighted by molar-refractivity contribution is -0.428. The Labute approximate surface area is 147 Å². The first-order valence-electron chi connectivity index (χ1n) is 8.51. The summed E-state index contributed by atoms with van der Waals surface area (Å²) >= 11 is 0.